The molecule has 0 amide bonds. The fraction of sp³-hybridized carbons (Fsp3) is 0. The zero-order valence-electron chi connectivity index (χ0n) is 15.6. The van der Waals surface area contributed by atoms with Crippen LogP contribution in [0.4, 0.5) is 0 Å². The fourth-order valence-corrected chi connectivity index (χ4v) is 3.44. The van der Waals surface area contributed by atoms with Gasteiger partial charge in [-0.2, -0.15) is 5.26 Å². The number of nitrogens with zero attached hydrogens (tertiary/aromatic N) is 2. The number of allylic oxidation sites excluding steroid dienone is 1. The molecule has 4 aromatic rings. The van der Waals surface area contributed by atoms with Crippen LogP contribution < -0.4 is 5.56 Å². The SMILES string of the molecule is N#Cc1cncc(/C=C/C(=O)c2c(-c3ccccc3)c3cc(Cl)ccc3[nH]c2=O)c1. The van der Waals surface area contributed by atoms with E-state index in [0.717, 1.165) is 5.56 Å². The lowest BCUT2D eigenvalue weighted by Crippen LogP contribution is -2.18. The maximum atomic E-state index is 13.1. The van der Waals surface area contributed by atoms with Crippen LogP contribution in [-0.2, 0) is 0 Å². The second-order valence-electron chi connectivity index (χ2n) is 6.58. The topological polar surface area (TPSA) is 86.6 Å². The molecule has 2 heterocycles. The van der Waals surface area contributed by atoms with E-state index < -0.39 is 11.3 Å². The van der Waals surface area contributed by atoms with E-state index in [-0.39, 0.29) is 5.56 Å². The summed E-state index contributed by atoms with van der Waals surface area (Å²) in [5.74, 6) is -0.459. The summed E-state index contributed by atoms with van der Waals surface area (Å²) >= 11 is 6.20. The molecule has 0 spiro atoms. The van der Waals surface area contributed by atoms with Gasteiger partial charge in [-0.1, -0.05) is 41.9 Å². The zero-order chi connectivity index (χ0) is 21.1. The number of carbonyl (C=O) groups is 1. The number of aromatic amines is 1. The highest BCUT2D eigenvalue weighted by Crippen LogP contribution is 2.31. The van der Waals surface area contributed by atoms with Gasteiger partial charge in [-0.05, 0) is 47.5 Å². The Kier molecular flexibility index (Phi) is 5.25. The second-order valence-corrected chi connectivity index (χ2v) is 7.01. The van der Waals surface area contributed by atoms with Crippen LogP contribution >= 0.6 is 11.6 Å². The number of nitriles is 1. The van der Waals surface area contributed by atoms with E-state index in [1.54, 1.807) is 24.3 Å². The predicted octanol–water partition coefficient (Wildman–Crippen LogP) is 5.01. The van der Waals surface area contributed by atoms with Gasteiger partial charge in [0, 0.05) is 33.9 Å². The molecule has 0 bridgehead atoms. The fourth-order valence-electron chi connectivity index (χ4n) is 3.27. The Balaban J connectivity index is 1.90. The molecule has 0 saturated heterocycles. The summed E-state index contributed by atoms with van der Waals surface area (Å²) in [6.45, 7) is 0. The number of ketones is 1. The molecule has 0 unspecified atom stereocenters. The van der Waals surface area contributed by atoms with Gasteiger partial charge in [0.15, 0.2) is 5.78 Å². The summed E-state index contributed by atoms with van der Waals surface area (Å²) in [7, 11) is 0. The molecule has 0 fully saturated rings. The molecule has 30 heavy (non-hydrogen) atoms. The van der Waals surface area contributed by atoms with Crippen LogP contribution in [0, 0.1) is 11.3 Å². The number of carbonyl (C=O) groups excluding carboxylic acids is 1. The van der Waals surface area contributed by atoms with Crippen molar-refractivity contribution in [3.05, 3.63) is 105 Å². The third kappa shape index (κ3) is 3.77. The molecule has 6 heteroatoms. The highest BCUT2D eigenvalue weighted by molar-refractivity contribution is 6.31. The molecule has 0 aliphatic rings. The molecule has 1 N–H and O–H groups in total. The van der Waals surface area contributed by atoms with Crippen molar-refractivity contribution in [2.75, 3.05) is 0 Å². The van der Waals surface area contributed by atoms with Crippen LogP contribution in [0.2, 0.25) is 5.02 Å². The Hall–Kier alpha value is -4.01. The number of pyridine rings is 2. The van der Waals surface area contributed by atoms with Crippen molar-refractivity contribution in [3.8, 4) is 17.2 Å². The van der Waals surface area contributed by atoms with Gasteiger partial charge in [-0.15, -0.1) is 0 Å². The van der Waals surface area contributed by atoms with E-state index in [2.05, 4.69) is 9.97 Å². The minimum atomic E-state index is -0.484. The smallest absolute Gasteiger partial charge is 0.260 e. The number of hydrogen-bond donors (Lipinski definition) is 1. The number of benzene rings is 2. The summed E-state index contributed by atoms with van der Waals surface area (Å²) < 4.78 is 0. The van der Waals surface area contributed by atoms with E-state index in [1.165, 1.54) is 24.5 Å². The Morgan fingerprint density at radius 1 is 1.10 bits per heavy atom. The summed E-state index contributed by atoms with van der Waals surface area (Å²) in [4.78, 5) is 32.7. The number of hydrogen-bond acceptors (Lipinski definition) is 4. The van der Waals surface area contributed by atoms with Crippen molar-refractivity contribution >= 4 is 34.4 Å². The molecule has 4 rings (SSSR count). The van der Waals surface area contributed by atoms with Crippen LogP contribution in [0.25, 0.3) is 28.1 Å². The number of rotatable bonds is 4. The summed E-state index contributed by atoms with van der Waals surface area (Å²) in [5, 5.41) is 10.2. The van der Waals surface area contributed by atoms with Crippen molar-refractivity contribution < 1.29 is 4.79 Å². The van der Waals surface area contributed by atoms with Gasteiger partial charge in [0.1, 0.15) is 6.07 Å². The van der Waals surface area contributed by atoms with Gasteiger partial charge in [-0.25, -0.2) is 0 Å². The normalized spacial score (nSPS) is 10.9. The molecule has 2 aromatic carbocycles. The zero-order valence-corrected chi connectivity index (χ0v) is 16.4. The number of aromatic nitrogens is 2. The molecule has 0 aliphatic carbocycles. The molecule has 0 saturated carbocycles. The molecular formula is C24H14ClN3O2. The minimum Gasteiger partial charge on any atom is -0.321 e. The van der Waals surface area contributed by atoms with Crippen molar-refractivity contribution in [1.82, 2.24) is 9.97 Å². The summed E-state index contributed by atoms with van der Waals surface area (Å²) in [6.07, 6.45) is 5.82. The second kappa shape index (κ2) is 8.16. The molecule has 0 atom stereocenters. The number of fused-ring (bicyclic) bond motifs is 1. The molecule has 0 aliphatic heterocycles. The van der Waals surface area contributed by atoms with Gasteiger partial charge in [0.2, 0.25) is 0 Å². The first kappa shape index (κ1) is 19.3. The van der Waals surface area contributed by atoms with Gasteiger partial charge in [-0.3, -0.25) is 14.6 Å². The van der Waals surface area contributed by atoms with Crippen LogP contribution in [0.1, 0.15) is 21.5 Å². The summed E-state index contributed by atoms with van der Waals surface area (Å²) in [5.41, 5.74) is 2.36. The molecule has 5 nitrogen and oxygen atoms in total. The van der Waals surface area contributed by atoms with E-state index >= 15 is 0 Å². The number of nitrogens with one attached hydrogen (secondary N) is 1. The quantitative estimate of drug-likeness (QED) is 0.377. The van der Waals surface area contributed by atoms with Crippen molar-refractivity contribution in [1.29, 1.82) is 5.26 Å². The lowest BCUT2D eigenvalue weighted by Gasteiger charge is -2.11. The van der Waals surface area contributed by atoms with Crippen molar-refractivity contribution in [2.24, 2.45) is 0 Å². The highest BCUT2D eigenvalue weighted by Gasteiger charge is 2.19. The van der Waals surface area contributed by atoms with Crippen LogP contribution in [0.3, 0.4) is 0 Å². The average molecular weight is 412 g/mol. The van der Waals surface area contributed by atoms with E-state index in [0.29, 0.717) is 32.6 Å². The first-order valence-electron chi connectivity index (χ1n) is 9.05. The molecule has 0 radical (unpaired) electrons. The molecular weight excluding hydrogens is 398 g/mol. The van der Waals surface area contributed by atoms with E-state index in [1.807, 2.05) is 36.4 Å². The lowest BCUT2D eigenvalue weighted by molar-refractivity contribution is 0.104. The lowest BCUT2D eigenvalue weighted by atomic mass is 9.94. The van der Waals surface area contributed by atoms with E-state index in [9.17, 15) is 9.59 Å². The van der Waals surface area contributed by atoms with E-state index in [4.69, 9.17) is 16.9 Å². The maximum absolute atomic E-state index is 13.1. The third-order valence-corrected chi connectivity index (χ3v) is 4.84. The van der Waals surface area contributed by atoms with Crippen molar-refractivity contribution in [3.63, 3.8) is 0 Å². The van der Waals surface area contributed by atoms with Gasteiger partial charge < -0.3 is 4.98 Å². The van der Waals surface area contributed by atoms with Crippen molar-refractivity contribution in [2.45, 2.75) is 0 Å². The Bertz CT molecular complexity index is 1400. The standard InChI is InChI=1S/C24H14ClN3O2/c25-18-7-8-20-19(11-18)22(17-4-2-1-3-5-17)23(24(30)28-20)21(29)9-6-15-10-16(12-26)14-27-13-15/h1-11,13-14H,(H,28,30)/b9-6+. The largest absolute Gasteiger partial charge is 0.321 e. The molecule has 144 valence electrons. The Labute approximate surface area is 176 Å². The minimum absolute atomic E-state index is 0.0246. The van der Waals surface area contributed by atoms with Gasteiger partial charge >= 0.3 is 0 Å². The molecule has 2 aromatic heterocycles. The maximum Gasteiger partial charge on any atom is 0.260 e. The highest BCUT2D eigenvalue weighted by atomic mass is 35.5. The number of H-pyrrole nitrogens is 1. The average Bonchev–Trinajstić information content (AvgIpc) is 2.77. The third-order valence-electron chi connectivity index (χ3n) is 4.60. The monoisotopic (exact) mass is 411 g/mol. The van der Waals surface area contributed by atoms with Crippen LogP contribution in [0.15, 0.2) is 77.9 Å². The Morgan fingerprint density at radius 2 is 1.90 bits per heavy atom. The Morgan fingerprint density at radius 3 is 2.67 bits per heavy atom. The predicted molar refractivity (Wildman–Crippen MR) is 117 cm³/mol. The van der Waals surface area contributed by atoms with Crippen LogP contribution in [0.5, 0.6) is 0 Å². The van der Waals surface area contributed by atoms with Gasteiger partial charge in [0.25, 0.3) is 5.56 Å². The first-order valence-corrected chi connectivity index (χ1v) is 9.43. The first-order chi connectivity index (χ1) is 14.6. The number of halogens is 1. The van der Waals surface area contributed by atoms with Gasteiger partial charge in [0.05, 0.1) is 11.1 Å². The summed E-state index contributed by atoms with van der Waals surface area (Å²) in [6, 6.07) is 18.0. The van der Waals surface area contributed by atoms with Crippen LogP contribution in [-0.4, -0.2) is 15.8 Å².